The molecule has 1 aromatic heterocycles. The fourth-order valence-corrected chi connectivity index (χ4v) is 2.49. The molecule has 1 amide bonds. The Hall–Kier alpha value is -2.38. The fraction of sp³-hybridized carbons (Fsp3) is 0.647. The molecule has 0 saturated heterocycles. The van der Waals surface area contributed by atoms with Crippen LogP contribution in [0.3, 0.4) is 0 Å². The molecule has 0 aromatic carbocycles. The molecule has 1 rings (SSSR count). The largest absolute Gasteiger partial charge is 0.462 e. The minimum Gasteiger partial charge on any atom is -0.462 e. The number of rotatable bonds is 11. The summed E-state index contributed by atoms with van der Waals surface area (Å²) in [5.74, 6) is -1.57. The lowest BCUT2D eigenvalue weighted by Crippen LogP contribution is -2.30. The zero-order valence-corrected chi connectivity index (χ0v) is 15.1. The van der Waals surface area contributed by atoms with Crippen molar-refractivity contribution in [3.8, 4) is 0 Å². The summed E-state index contributed by atoms with van der Waals surface area (Å²) in [6.07, 6.45) is 5.79. The van der Waals surface area contributed by atoms with Crippen LogP contribution in [0.1, 0.15) is 73.6 Å². The number of carbonyl (C=O) groups is 2. The first-order valence-corrected chi connectivity index (χ1v) is 8.77. The van der Waals surface area contributed by atoms with Crippen molar-refractivity contribution in [1.82, 2.24) is 10.3 Å². The van der Waals surface area contributed by atoms with Gasteiger partial charge in [-0.2, -0.15) is 0 Å². The SMILES string of the molecule is CCCCC(CC)CNC(=O)c1c(C(=O)OCCC)c[nH]c1[N+](=O)[O-]. The van der Waals surface area contributed by atoms with Gasteiger partial charge in [-0.3, -0.25) is 4.79 Å². The minimum atomic E-state index is -0.741. The van der Waals surface area contributed by atoms with E-state index < -0.39 is 22.6 Å². The summed E-state index contributed by atoms with van der Waals surface area (Å²) in [5, 5.41) is 13.9. The fourth-order valence-electron chi connectivity index (χ4n) is 2.49. The number of amides is 1. The summed E-state index contributed by atoms with van der Waals surface area (Å²) in [6, 6.07) is 0. The molecule has 0 aliphatic rings. The highest BCUT2D eigenvalue weighted by atomic mass is 16.6. The maximum absolute atomic E-state index is 12.5. The molecule has 8 nitrogen and oxygen atoms in total. The summed E-state index contributed by atoms with van der Waals surface area (Å²) < 4.78 is 5.00. The van der Waals surface area contributed by atoms with E-state index in [1.807, 2.05) is 13.8 Å². The maximum Gasteiger partial charge on any atom is 0.342 e. The lowest BCUT2D eigenvalue weighted by atomic mass is 9.99. The lowest BCUT2D eigenvalue weighted by molar-refractivity contribution is -0.389. The van der Waals surface area contributed by atoms with Gasteiger partial charge in [0.25, 0.3) is 5.91 Å². The molecule has 8 heteroatoms. The van der Waals surface area contributed by atoms with Gasteiger partial charge in [0.05, 0.1) is 6.61 Å². The maximum atomic E-state index is 12.5. The molecule has 0 aliphatic heterocycles. The number of hydrogen-bond acceptors (Lipinski definition) is 5. The smallest absolute Gasteiger partial charge is 0.342 e. The standard InChI is InChI=1S/C17H27N3O5/c1-4-7-8-12(6-3)10-19-16(21)14-13(17(22)25-9-5-2)11-18-15(14)20(23)24/h11-12,18H,4-10H2,1-3H3,(H,19,21). The van der Waals surface area contributed by atoms with Gasteiger partial charge in [0.1, 0.15) is 11.8 Å². The van der Waals surface area contributed by atoms with E-state index in [4.69, 9.17) is 4.74 Å². The number of aromatic nitrogens is 1. The number of nitro groups is 1. The Morgan fingerprint density at radius 3 is 2.60 bits per heavy atom. The molecular formula is C17H27N3O5. The van der Waals surface area contributed by atoms with Gasteiger partial charge in [-0.1, -0.05) is 40.0 Å². The van der Waals surface area contributed by atoms with Crippen LogP contribution < -0.4 is 5.32 Å². The predicted molar refractivity (Wildman–Crippen MR) is 93.7 cm³/mol. The normalized spacial score (nSPS) is 11.8. The zero-order chi connectivity index (χ0) is 18.8. The van der Waals surface area contributed by atoms with Crippen molar-refractivity contribution in [1.29, 1.82) is 0 Å². The van der Waals surface area contributed by atoms with Gasteiger partial charge in [-0.25, -0.2) is 9.78 Å². The van der Waals surface area contributed by atoms with Crippen LogP contribution in [0.25, 0.3) is 0 Å². The number of unbranched alkanes of at least 4 members (excludes halogenated alkanes) is 1. The number of H-pyrrole nitrogens is 1. The average molecular weight is 353 g/mol. The van der Waals surface area contributed by atoms with Gasteiger partial charge in [0.15, 0.2) is 5.56 Å². The third kappa shape index (κ3) is 5.88. The van der Waals surface area contributed by atoms with Crippen LogP contribution in [0.5, 0.6) is 0 Å². The van der Waals surface area contributed by atoms with E-state index in [9.17, 15) is 19.7 Å². The topological polar surface area (TPSA) is 114 Å². The molecule has 0 radical (unpaired) electrons. The second kappa shape index (κ2) is 10.5. The Labute approximate surface area is 147 Å². The third-order valence-corrected chi connectivity index (χ3v) is 4.02. The van der Waals surface area contributed by atoms with Gasteiger partial charge in [0.2, 0.25) is 0 Å². The third-order valence-electron chi connectivity index (χ3n) is 4.02. The highest BCUT2D eigenvalue weighted by molar-refractivity contribution is 6.08. The first-order valence-electron chi connectivity index (χ1n) is 8.77. The highest BCUT2D eigenvalue weighted by Gasteiger charge is 2.30. The van der Waals surface area contributed by atoms with Crippen molar-refractivity contribution >= 4 is 17.7 Å². The van der Waals surface area contributed by atoms with Crippen molar-refractivity contribution in [3.63, 3.8) is 0 Å². The van der Waals surface area contributed by atoms with Crippen LogP contribution in [-0.2, 0) is 4.74 Å². The van der Waals surface area contributed by atoms with Crippen molar-refractivity contribution in [2.24, 2.45) is 5.92 Å². The Morgan fingerprint density at radius 2 is 2.04 bits per heavy atom. The van der Waals surface area contributed by atoms with E-state index in [1.165, 1.54) is 0 Å². The Bertz CT molecular complexity index is 597. The average Bonchev–Trinajstić information content (AvgIpc) is 3.05. The van der Waals surface area contributed by atoms with Crippen LogP contribution in [0.4, 0.5) is 5.82 Å². The molecule has 2 N–H and O–H groups in total. The van der Waals surface area contributed by atoms with E-state index in [0.717, 1.165) is 31.9 Å². The summed E-state index contributed by atoms with van der Waals surface area (Å²) in [4.78, 5) is 37.4. The molecule has 140 valence electrons. The second-order valence-corrected chi connectivity index (χ2v) is 5.95. The Morgan fingerprint density at radius 1 is 1.32 bits per heavy atom. The molecule has 1 unspecified atom stereocenters. The van der Waals surface area contributed by atoms with Crippen molar-refractivity contribution in [3.05, 3.63) is 27.4 Å². The highest BCUT2D eigenvalue weighted by Crippen LogP contribution is 2.22. The first kappa shape index (κ1) is 20.7. The summed E-state index contributed by atoms with van der Waals surface area (Å²) >= 11 is 0. The van der Waals surface area contributed by atoms with Crippen LogP contribution in [0, 0.1) is 16.0 Å². The van der Waals surface area contributed by atoms with E-state index >= 15 is 0 Å². The van der Waals surface area contributed by atoms with Crippen LogP contribution in [-0.4, -0.2) is 34.9 Å². The zero-order valence-electron chi connectivity index (χ0n) is 15.1. The molecule has 25 heavy (non-hydrogen) atoms. The lowest BCUT2D eigenvalue weighted by Gasteiger charge is -2.15. The van der Waals surface area contributed by atoms with E-state index in [0.29, 0.717) is 18.9 Å². The number of hydrogen-bond donors (Lipinski definition) is 2. The van der Waals surface area contributed by atoms with Gasteiger partial charge >= 0.3 is 11.8 Å². The summed E-state index contributed by atoms with van der Waals surface area (Å²) in [7, 11) is 0. The minimum absolute atomic E-state index is 0.112. The van der Waals surface area contributed by atoms with Crippen molar-refractivity contribution < 1.29 is 19.2 Å². The quantitative estimate of drug-likeness (QED) is 0.359. The monoisotopic (exact) mass is 353 g/mol. The van der Waals surface area contributed by atoms with Gasteiger partial charge < -0.3 is 20.2 Å². The van der Waals surface area contributed by atoms with Crippen LogP contribution >= 0.6 is 0 Å². The van der Waals surface area contributed by atoms with Crippen molar-refractivity contribution in [2.45, 2.75) is 52.9 Å². The molecule has 1 atom stereocenters. The van der Waals surface area contributed by atoms with E-state index in [-0.39, 0.29) is 17.7 Å². The molecule has 0 aliphatic carbocycles. The molecule has 0 fully saturated rings. The number of nitrogens with zero attached hydrogens (tertiary/aromatic N) is 1. The molecule has 0 spiro atoms. The summed E-state index contributed by atoms with van der Waals surface area (Å²) in [5.41, 5.74) is -0.379. The van der Waals surface area contributed by atoms with E-state index in [1.54, 1.807) is 0 Å². The Balaban J connectivity index is 2.92. The van der Waals surface area contributed by atoms with Gasteiger partial charge in [-0.15, -0.1) is 0 Å². The van der Waals surface area contributed by atoms with Gasteiger partial charge in [-0.05, 0) is 23.7 Å². The first-order chi connectivity index (χ1) is 12.0. The van der Waals surface area contributed by atoms with Crippen LogP contribution in [0.15, 0.2) is 6.20 Å². The number of nitrogens with one attached hydrogen (secondary N) is 2. The molecule has 1 heterocycles. The number of carbonyl (C=O) groups excluding carboxylic acids is 2. The molecule has 0 saturated carbocycles. The molecular weight excluding hydrogens is 326 g/mol. The van der Waals surface area contributed by atoms with Crippen LogP contribution in [0.2, 0.25) is 0 Å². The number of esters is 1. The number of ether oxygens (including phenoxy) is 1. The predicted octanol–water partition coefficient (Wildman–Crippen LogP) is 3.44. The van der Waals surface area contributed by atoms with Crippen molar-refractivity contribution in [2.75, 3.05) is 13.2 Å². The van der Waals surface area contributed by atoms with Gasteiger partial charge in [0, 0.05) is 6.54 Å². The summed E-state index contributed by atoms with van der Waals surface area (Å²) in [6.45, 7) is 6.58. The van der Waals surface area contributed by atoms with E-state index in [2.05, 4.69) is 17.2 Å². The molecule has 1 aromatic rings. The Kier molecular flexibility index (Phi) is 8.66. The number of aromatic amines is 1. The second-order valence-electron chi connectivity index (χ2n) is 5.95. The molecule has 0 bridgehead atoms.